The molecular weight excluding hydrogens is 849 g/mol. The lowest BCUT2D eigenvalue weighted by atomic mass is 9.88. The fraction of sp³-hybridized carbons (Fsp3) is 0. The van der Waals surface area contributed by atoms with Crippen LogP contribution in [0.5, 0.6) is 0 Å². The molecule has 1 heterocycles. The Labute approximate surface area is 404 Å². The third-order valence-electron chi connectivity index (χ3n) is 14.5. The molecule has 2 aliphatic rings. The molecule has 0 spiro atoms. The predicted molar refractivity (Wildman–Crippen MR) is 285 cm³/mol. The molecule has 1 aromatic heterocycles. The van der Waals surface area contributed by atoms with Crippen LogP contribution in [0.2, 0.25) is 0 Å². The van der Waals surface area contributed by atoms with E-state index in [4.69, 9.17) is 9.97 Å². The van der Waals surface area contributed by atoms with Gasteiger partial charge >= 0.3 is 0 Å². The summed E-state index contributed by atoms with van der Waals surface area (Å²) in [4.78, 5) is 11.1. The first-order chi connectivity index (χ1) is 34.6. The maximum atomic E-state index is 10.0. The number of nitrogens with zero attached hydrogens (tertiary/aromatic N) is 4. The van der Waals surface area contributed by atoms with Gasteiger partial charge < -0.3 is 0 Å². The molecule has 4 nitrogen and oxygen atoms in total. The Morgan fingerprint density at radius 3 is 1.21 bits per heavy atom. The zero-order valence-corrected chi connectivity index (χ0v) is 37.6. The van der Waals surface area contributed by atoms with Crippen molar-refractivity contribution in [3.8, 4) is 124 Å². The summed E-state index contributed by atoms with van der Waals surface area (Å²) >= 11 is 0. The lowest BCUT2D eigenvalue weighted by molar-refractivity contribution is 1.23. The summed E-state index contributed by atoms with van der Waals surface area (Å²) < 4.78 is 0. The monoisotopic (exact) mass is 884 g/mol. The number of nitriles is 2. The van der Waals surface area contributed by atoms with Gasteiger partial charge in [-0.3, -0.25) is 0 Å². The van der Waals surface area contributed by atoms with Crippen LogP contribution in [0.4, 0.5) is 0 Å². The molecule has 0 radical (unpaired) electrons. The second-order valence-corrected chi connectivity index (χ2v) is 18.2. The maximum absolute atomic E-state index is 10.0. The Balaban J connectivity index is 1.06. The highest BCUT2D eigenvalue weighted by Crippen LogP contribution is 2.52. The summed E-state index contributed by atoms with van der Waals surface area (Å²) in [6, 6.07) is 81.4. The van der Waals surface area contributed by atoms with Crippen molar-refractivity contribution in [3.05, 3.63) is 230 Å². The van der Waals surface area contributed by atoms with Gasteiger partial charge in [0.25, 0.3) is 0 Å². The quantitative estimate of drug-likeness (QED) is 0.167. The number of fused-ring (bicyclic) bond motifs is 7. The smallest absolute Gasteiger partial charge is 0.160 e. The molecule has 0 saturated heterocycles. The van der Waals surface area contributed by atoms with Gasteiger partial charge in [-0.05, 0) is 129 Å². The van der Waals surface area contributed by atoms with Crippen molar-refractivity contribution >= 4 is 32.4 Å². The Kier molecular flexibility index (Phi) is 8.68. The van der Waals surface area contributed by atoms with E-state index >= 15 is 0 Å². The van der Waals surface area contributed by atoms with Gasteiger partial charge in [0.15, 0.2) is 5.82 Å². The highest BCUT2D eigenvalue weighted by atomic mass is 14.9. The van der Waals surface area contributed by atoms with Crippen molar-refractivity contribution in [3.63, 3.8) is 0 Å². The Bertz CT molecular complexity index is 4240. The SMILES string of the molecule is N#Cc1ccccc1-c1ccc(-c2nc(-c3ccc(-c4ccccc4C#N)cc3)c3cc(-c4ccc5c6c(cccc46)-c4ccccc4-5)cc(-c4ccc5c6c(cccc46)-c4ccccc4-5)c3n2)cc1. The number of aromatic nitrogens is 2. The lowest BCUT2D eigenvalue weighted by Crippen LogP contribution is -1.99. The van der Waals surface area contributed by atoms with Gasteiger partial charge in [0.05, 0.1) is 34.5 Å². The molecule has 2 aliphatic carbocycles. The van der Waals surface area contributed by atoms with Crippen LogP contribution in [0.25, 0.3) is 144 Å². The molecule has 4 heteroatoms. The molecule has 0 amide bonds. The Morgan fingerprint density at radius 2 is 0.686 bits per heavy atom. The van der Waals surface area contributed by atoms with E-state index < -0.39 is 0 Å². The molecule has 0 saturated carbocycles. The van der Waals surface area contributed by atoms with Gasteiger partial charge in [-0.15, -0.1) is 0 Å². The predicted octanol–water partition coefficient (Wildman–Crippen LogP) is 17.0. The first kappa shape index (κ1) is 39.4. The van der Waals surface area contributed by atoms with E-state index in [9.17, 15) is 10.5 Å². The second-order valence-electron chi connectivity index (χ2n) is 18.2. The molecule has 12 aromatic rings. The summed E-state index contributed by atoms with van der Waals surface area (Å²) in [5.41, 5.74) is 22.7. The Hall–Kier alpha value is -9.74. The second kappa shape index (κ2) is 15.4. The van der Waals surface area contributed by atoms with Crippen LogP contribution in [-0.4, -0.2) is 9.97 Å². The fourth-order valence-corrected chi connectivity index (χ4v) is 11.3. The molecule has 0 aliphatic heterocycles. The highest BCUT2D eigenvalue weighted by Gasteiger charge is 2.27. The molecule has 0 unspecified atom stereocenters. The highest BCUT2D eigenvalue weighted by molar-refractivity contribution is 6.22. The number of hydrogen-bond acceptors (Lipinski definition) is 4. The van der Waals surface area contributed by atoms with Crippen molar-refractivity contribution < 1.29 is 0 Å². The van der Waals surface area contributed by atoms with Crippen LogP contribution in [0.3, 0.4) is 0 Å². The van der Waals surface area contributed by atoms with Gasteiger partial charge in [0.2, 0.25) is 0 Å². The van der Waals surface area contributed by atoms with Crippen LogP contribution in [0, 0.1) is 22.7 Å². The van der Waals surface area contributed by atoms with E-state index in [0.717, 1.165) is 72.2 Å². The van der Waals surface area contributed by atoms with E-state index in [1.54, 1.807) is 0 Å². The van der Waals surface area contributed by atoms with Crippen LogP contribution >= 0.6 is 0 Å². The summed E-state index contributed by atoms with van der Waals surface area (Å²) in [5, 5.41) is 25.8. The molecule has 320 valence electrons. The summed E-state index contributed by atoms with van der Waals surface area (Å²) in [6.45, 7) is 0. The molecule has 70 heavy (non-hydrogen) atoms. The van der Waals surface area contributed by atoms with Gasteiger partial charge in [-0.2, -0.15) is 10.5 Å². The van der Waals surface area contributed by atoms with E-state index in [2.05, 4.69) is 182 Å². The molecular formula is C66H36N4. The fourth-order valence-electron chi connectivity index (χ4n) is 11.3. The molecule has 0 fully saturated rings. The van der Waals surface area contributed by atoms with E-state index in [0.29, 0.717) is 17.0 Å². The summed E-state index contributed by atoms with van der Waals surface area (Å²) in [7, 11) is 0. The van der Waals surface area contributed by atoms with Gasteiger partial charge in [-0.25, -0.2) is 9.97 Å². The van der Waals surface area contributed by atoms with Crippen LogP contribution in [0.1, 0.15) is 11.1 Å². The van der Waals surface area contributed by atoms with Crippen molar-refractivity contribution in [2.45, 2.75) is 0 Å². The van der Waals surface area contributed by atoms with Gasteiger partial charge in [0.1, 0.15) is 0 Å². The van der Waals surface area contributed by atoms with Crippen LogP contribution < -0.4 is 0 Å². The molecule has 11 aromatic carbocycles. The minimum atomic E-state index is 0.594. The average Bonchev–Trinajstić information content (AvgIpc) is 3.94. The third kappa shape index (κ3) is 5.88. The number of benzene rings is 11. The molecule has 14 rings (SSSR count). The van der Waals surface area contributed by atoms with Crippen molar-refractivity contribution in [2.24, 2.45) is 0 Å². The van der Waals surface area contributed by atoms with Crippen molar-refractivity contribution in [1.29, 1.82) is 10.5 Å². The van der Waals surface area contributed by atoms with Crippen LogP contribution in [0.15, 0.2) is 218 Å². The number of hydrogen-bond donors (Lipinski definition) is 0. The van der Waals surface area contributed by atoms with E-state index in [1.807, 2.05) is 48.5 Å². The minimum absolute atomic E-state index is 0.594. The summed E-state index contributed by atoms with van der Waals surface area (Å²) in [6.07, 6.45) is 0. The van der Waals surface area contributed by atoms with E-state index in [1.165, 1.54) is 66.1 Å². The van der Waals surface area contributed by atoms with E-state index in [-0.39, 0.29) is 0 Å². The van der Waals surface area contributed by atoms with Gasteiger partial charge in [0, 0.05) is 22.1 Å². The standard InChI is InChI=1S/C66H36N4/c67-37-43-11-1-3-13-46(43)39-23-27-41(28-24-39)64-61-36-45(48-31-33-58-51-17-7-5-15-49(51)55-20-9-19-54(48)62(55)58)35-60(53-32-34-59-52-18-8-6-16-50(52)56-21-10-22-57(53)63(56)59)65(61)70-66(69-64)42-29-25-40(26-30-42)47-14-4-2-12-44(47)38-68/h1-36H. The zero-order valence-electron chi connectivity index (χ0n) is 37.6. The lowest BCUT2D eigenvalue weighted by Gasteiger charge is -2.18. The minimum Gasteiger partial charge on any atom is -0.227 e. The molecule has 0 N–H and O–H groups in total. The largest absolute Gasteiger partial charge is 0.227 e. The normalized spacial score (nSPS) is 11.7. The summed E-state index contributed by atoms with van der Waals surface area (Å²) in [5.74, 6) is 0.594. The van der Waals surface area contributed by atoms with Gasteiger partial charge in [-0.1, -0.05) is 194 Å². The average molecular weight is 885 g/mol. The van der Waals surface area contributed by atoms with Crippen molar-refractivity contribution in [1.82, 2.24) is 9.97 Å². The van der Waals surface area contributed by atoms with Crippen molar-refractivity contribution in [2.75, 3.05) is 0 Å². The first-order valence-electron chi connectivity index (χ1n) is 23.5. The Morgan fingerprint density at radius 1 is 0.271 bits per heavy atom. The molecule has 0 bridgehead atoms. The number of rotatable bonds is 6. The zero-order chi connectivity index (χ0) is 46.5. The molecule has 0 atom stereocenters. The maximum Gasteiger partial charge on any atom is 0.160 e. The first-order valence-corrected chi connectivity index (χ1v) is 23.5. The third-order valence-corrected chi connectivity index (χ3v) is 14.5. The topological polar surface area (TPSA) is 73.4 Å². The van der Waals surface area contributed by atoms with Crippen LogP contribution in [-0.2, 0) is 0 Å².